The molecule has 1 aliphatic heterocycles. The summed E-state index contributed by atoms with van der Waals surface area (Å²) in [6, 6.07) is 0.508. The van der Waals surface area contributed by atoms with Crippen molar-refractivity contribution in [2.24, 2.45) is 5.92 Å². The number of ether oxygens (including phenoxy) is 1. The van der Waals surface area contributed by atoms with E-state index in [0.29, 0.717) is 12.0 Å². The molecule has 3 nitrogen and oxygen atoms in total. The van der Waals surface area contributed by atoms with E-state index in [9.17, 15) is 4.79 Å². The molecule has 2 rings (SSSR count). The molecule has 0 aromatic carbocycles. The second kappa shape index (κ2) is 6.41. The molecule has 0 unspecified atom stereocenters. The maximum absolute atomic E-state index is 12.7. The van der Waals surface area contributed by atoms with Crippen molar-refractivity contribution in [1.29, 1.82) is 0 Å². The number of carbonyl (C=O) groups is 1. The van der Waals surface area contributed by atoms with Crippen LogP contribution in [-0.2, 0) is 4.74 Å². The highest BCUT2D eigenvalue weighted by Crippen LogP contribution is 2.39. The Hall–Kier alpha value is -0.990. The van der Waals surface area contributed by atoms with Gasteiger partial charge in [0.1, 0.15) is 5.60 Å². The Balaban J connectivity index is 2.15. The second-order valence-electron chi connectivity index (χ2n) is 7.79. The number of amides is 1. The summed E-state index contributed by atoms with van der Waals surface area (Å²) < 4.78 is 5.67. The molecule has 0 aromatic rings. The first kappa shape index (κ1) is 16.4. The van der Waals surface area contributed by atoms with Gasteiger partial charge in [0.2, 0.25) is 0 Å². The van der Waals surface area contributed by atoms with Crippen molar-refractivity contribution in [1.82, 2.24) is 4.90 Å². The number of carbonyl (C=O) groups excluding carboxylic acids is 1. The van der Waals surface area contributed by atoms with Crippen molar-refractivity contribution >= 4 is 6.09 Å². The van der Waals surface area contributed by atoms with E-state index in [-0.39, 0.29) is 12.1 Å². The van der Waals surface area contributed by atoms with E-state index in [1.165, 1.54) is 32.1 Å². The van der Waals surface area contributed by atoms with E-state index >= 15 is 0 Å². The fraction of sp³-hybridized carbons (Fsp3) is 0.833. The zero-order chi connectivity index (χ0) is 15.6. The molecule has 21 heavy (non-hydrogen) atoms. The lowest BCUT2D eigenvalue weighted by Gasteiger charge is -2.37. The Morgan fingerprint density at radius 1 is 1.10 bits per heavy atom. The highest BCUT2D eigenvalue weighted by molar-refractivity contribution is 5.70. The third-order valence-corrected chi connectivity index (χ3v) is 4.80. The highest BCUT2D eigenvalue weighted by atomic mass is 16.6. The van der Waals surface area contributed by atoms with Crippen LogP contribution in [-0.4, -0.2) is 28.7 Å². The predicted octanol–water partition coefficient (Wildman–Crippen LogP) is 4.91. The molecule has 1 heterocycles. The largest absolute Gasteiger partial charge is 0.444 e. The van der Waals surface area contributed by atoms with Gasteiger partial charge < -0.3 is 4.74 Å². The van der Waals surface area contributed by atoms with Crippen LogP contribution in [0.2, 0.25) is 0 Å². The normalized spacial score (nSPS) is 27.7. The molecular weight excluding hydrogens is 262 g/mol. The van der Waals surface area contributed by atoms with Crippen LogP contribution in [0.15, 0.2) is 12.2 Å². The zero-order valence-corrected chi connectivity index (χ0v) is 14.2. The topological polar surface area (TPSA) is 29.5 Å². The van der Waals surface area contributed by atoms with Crippen molar-refractivity contribution in [3.63, 3.8) is 0 Å². The number of nitrogens with zero attached hydrogens (tertiary/aromatic N) is 1. The van der Waals surface area contributed by atoms with Gasteiger partial charge in [0.05, 0.1) is 6.04 Å². The molecule has 1 aliphatic carbocycles. The van der Waals surface area contributed by atoms with Gasteiger partial charge in [-0.05, 0) is 59.3 Å². The molecule has 0 spiro atoms. The lowest BCUT2D eigenvalue weighted by Crippen LogP contribution is -2.47. The average Bonchev–Trinajstić information content (AvgIpc) is 2.82. The van der Waals surface area contributed by atoms with Gasteiger partial charge in [-0.2, -0.15) is 0 Å². The summed E-state index contributed by atoms with van der Waals surface area (Å²) >= 11 is 0. The molecule has 120 valence electrons. The highest BCUT2D eigenvalue weighted by Gasteiger charge is 2.43. The van der Waals surface area contributed by atoms with Gasteiger partial charge >= 0.3 is 6.09 Å². The van der Waals surface area contributed by atoms with Crippen molar-refractivity contribution in [2.45, 2.75) is 90.3 Å². The van der Waals surface area contributed by atoms with Crippen molar-refractivity contribution in [3.8, 4) is 0 Å². The first-order valence-corrected chi connectivity index (χ1v) is 8.46. The fourth-order valence-corrected chi connectivity index (χ4v) is 3.88. The minimum Gasteiger partial charge on any atom is -0.444 e. The number of hydrogen-bond donors (Lipinski definition) is 0. The second-order valence-corrected chi connectivity index (χ2v) is 7.79. The minimum absolute atomic E-state index is 0.149. The van der Waals surface area contributed by atoms with Crippen molar-refractivity contribution in [3.05, 3.63) is 12.2 Å². The van der Waals surface area contributed by atoms with Crippen LogP contribution >= 0.6 is 0 Å². The molecule has 3 heteroatoms. The molecule has 0 bridgehead atoms. The van der Waals surface area contributed by atoms with Crippen LogP contribution in [0, 0.1) is 5.92 Å². The van der Waals surface area contributed by atoms with Crippen LogP contribution < -0.4 is 0 Å². The molecule has 1 saturated heterocycles. The lowest BCUT2D eigenvalue weighted by molar-refractivity contribution is 0.00967. The van der Waals surface area contributed by atoms with Gasteiger partial charge in [0.25, 0.3) is 0 Å². The monoisotopic (exact) mass is 293 g/mol. The standard InChI is InChI=1S/C18H31NO2/c1-13(2)15-11-12-16(14-9-7-6-8-10-14)19(15)17(20)21-18(3,4)5/h14-16H,1,6-12H2,2-5H3/t15-,16+/m1/s1. The smallest absolute Gasteiger partial charge is 0.411 e. The lowest BCUT2D eigenvalue weighted by atomic mass is 9.83. The summed E-state index contributed by atoms with van der Waals surface area (Å²) in [5.74, 6) is 0.649. The van der Waals surface area contributed by atoms with Gasteiger partial charge in [-0.15, -0.1) is 0 Å². The van der Waals surface area contributed by atoms with E-state index < -0.39 is 5.60 Å². The summed E-state index contributed by atoms with van der Waals surface area (Å²) in [5.41, 5.74) is 0.648. The predicted molar refractivity (Wildman–Crippen MR) is 86.3 cm³/mol. The first-order valence-electron chi connectivity index (χ1n) is 8.46. The molecule has 0 aromatic heterocycles. The molecule has 0 radical (unpaired) electrons. The van der Waals surface area contributed by atoms with Crippen LogP contribution in [0.4, 0.5) is 4.79 Å². The quantitative estimate of drug-likeness (QED) is 0.677. The van der Waals surface area contributed by atoms with Crippen molar-refractivity contribution < 1.29 is 9.53 Å². The average molecular weight is 293 g/mol. The first-order chi connectivity index (χ1) is 9.79. The number of rotatable bonds is 2. The summed E-state index contributed by atoms with van der Waals surface area (Å²) in [7, 11) is 0. The SMILES string of the molecule is C=C(C)[C@H]1CC[C@@H](C2CCCCC2)N1C(=O)OC(C)(C)C. The molecule has 1 saturated carbocycles. The Morgan fingerprint density at radius 3 is 2.24 bits per heavy atom. The Labute approximate surface area is 129 Å². The fourth-order valence-electron chi connectivity index (χ4n) is 3.88. The third-order valence-electron chi connectivity index (χ3n) is 4.80. The maximum Gasteiger partial charge on any atom is 0.411 e. The van der Waals surface area contributed by atoms with E-state index in [1.807, 2.05) is 32.6 Å². The van der Waals surface area contributed by atoms with Gasteiger partial charge in [0.15, 0.2) is 0 Å². The number of likely N-dealkylation sites (tertiary alicyclic amines) is 1. The summed E-state index contributed by atoms with van der Waals surface area (Å²) in [4.78, 5) is 14.7. The van der Waals surface area contributed by atoms with Crippen molar-refractivity contribution in [2.75, 3.05) is 0 Å². The van der Waals surface area contributed by atoms with Gasteiger partial charge in [-0.1, -0.05) is 31.4 Å². The van der Waals surface area contributed by atoms with Crippen LogP contribution in [0.25, 0.3) is 0 Å². The number of hydrogen-bond acceptors (Lipinski definition) is 2. The van der Waals surface area contributed by atoms with Crippen LogP contribution in [0.3, 0.4) is 0 Å². The van der Waals surface area contributed by atoms with E-state index in [4.69, 9.17) is 4.74 Å². The molecule has 1 amide bonds. The molecule has 2 aliphatic rings. The zero-order valence-electron chi connectivity index (χ0n) is 14.2. The molecule has 2 fully saturated rings. The van der Waals surface area contributed by atoms with E-state index in [0.717, 1.165) is 18.4 Å². The summed E-state index contributed by atoms with van der Waals surface area (Å²) in [6.45, 7) is 11.9. The van der Waals surface area contributed by atoms with Gasteiger partial charge in [0, 0.05) is 6.04 Å². The molecule has 0 N–H and O–H groups in total. The van der Waals surface area contributed by atoms with E-state index in [1.54, 1.807) is 0 Å². The molecular formula is C18H31NO2. The third kappa shape index (κ3) is 4.02. The Kier molecular flexibility index (Phi) is 5.00. The van der Waals surface area contributed by atoms with E-state index in [2.05, 4.69) is 6.58 Å². The maximum atomic E-state index is 12.7. The van der Waals surface area contributed by atoms with Gasteiger partial charge in [-0.25, -0.2) is 4.79 Å². The van der Waals surface area contributed by atoms with Crippen LogP contribution in [0.1, 0.15) is 72.6 Å². The van der Waals surface area contributed by atoms with Gasteiger partial charge in [-0.3, -0.25) is 4.90 Å². The minimum atomic E-state index is -0.434. The summed E-state index contributed by atoms with van der Waals surface area (Å²) in [5, 5.41) is 0. The summed E-state index contributed by atoms with van der Waals surface area (Å²) in [6.07, 6.45) is 8.46. The molecule has 2 atom stereocenters. The Bertz CT molecular complexity index is 391. The van der Waals surface area contributed by atoms with Crippen LogP contribution in [0.5, 0.6) is 0 Å². The Morgan fingerprint density at radius 2 is 1.71 bits per heavy atom.